The first kappa shape index (κ1) is 18.1. The van der Waals surface area contributed by atoms with Crippen LogP contribution in [0.15, 0.2) is 23.2 Å². The minimum atomic E-state index is -0.490. The molecule has 1 saturated heterocycles. The van der Waals surface area contributed by atoms with Crippen molar-refractivity contribution < 1.29 is 9.59 Å². The van der Waals surface area contributed by atoms with Gasteiger partial charge in [-0.15, -0.1) is 0 Å². The fourth-order valence-electron chi connectivity index (χ4n) is 1.86. The van der Waals surface area contributed by atoms with Crippen molar-refractivity contribution in [3.63, 3.8) is 0 Å². The van der Waals surface area contributed by atoms with E-state index in [4.69, 9.17) is 23.2 Å². The van der Waals surface area contributed by atoms with E-state index in [2.05, 4.69) is 15.6 Å². The molecule has 0 aromatic heterocycles. The first-order valence-corrected chi connectivity index (χ1v) is 8.83. The van der Waals surface area contributed by atoms with E-state index in [1.807, 2.05) is 13.8 Å². The molecule has 2 atom stereocenters. The van der Waals surface area contributed by atoms with Gasteiger partial charge in [-0.05, 0) is 25.5 Å². The third kappa shape index (κ3) is 4.86. The molecule has 0 bridgehead atoms. The summed E-state index contributed by atoms with van der Waals surface area (Å²) in [5.41, 5.74) is 0.432. The van der Waals surface area contributed by atoms with Crippen LogP contribution in [0.4, 0.5) is 5.69 Å². The van der Waals surface area contributed by atoms with Gasteiger partial charge in [-0.1, -0.05) is 48.0 Å². The van der Waals surface area contributed by atoms with Gasteiger partial charge in [0.25, 0.3) is 0 Å². The highest BCUT2D eigenvalue weighted by atomic mass is 35.5. The van der Waals surface area contributed by atoms with Crippen molar-refractivity contribution in [3.05, 3.63) is 28.2 Å². The second kappa shape index (κ2) is 8.04. The predicted molar refractivity (Wildman–Crippen MR) is 96.4 cm³/mol. The molecule has 5 nitrogen and oxygen atoms in total. The van der Waals surface area contributed by atoms with Crippen LogP contribution < -0.4 is 10.6 Å². The van der Waals surface area contributed by atoms with Gasteiger partial charge in [0, 0.05) is 12.5 Å². The summed E-state index contributed by atoms with van der Waals surface area (Å²) >= 11 is 13.2. The summed E-state index contributed by atoms with van der Waals surface area (Å²) in [5.74, 6) is -0.504. The average molecular weight is 374 g/mol. The number of nitrogens with zero attached hydrogens (tertiary/aromatic N) is 1. The molecule has 2 rings (SSSR count). The van der Waals surface area contributed by atoms with E-state index in [9.17, 15) is 9.59 Å². The molecule has 2 N–H and O–H groups in total. The summed E-state index contributed by atoms with van der Waals surface area (Å²) in [7, 11) is 0. The maximum atomic E-state index is 12.1. The van der Waals surface area contributed by atoms with Crippen molar-refractivity contribution in [1.29, 1.82) is 0 Å². The number of anilines is 1. The van der Waals surface area contributed by atoms with E-state index in [0.29, 0.717) is 15.9 Å². The Morgan fingerprint density at radius 2 is 2.22 bits per heavy atom. The van der Waals surface area contributed by atoms with Crippen LogP contribution in [0.2, 0.25) is 10.0 Å². The van der Waals surface area contributed by atoms with Crippen molar-refractivity contribution in [3.8, 4) is 0 Å². The van der Waals surface area contributed by atoms with Crippen LogP contribution in [0.3, 0.4) is 0 Å². The molecule has 124 valence electrons. The van der Waals surface area contributed by atoms with E-state index in [1.54, 1.807) is 18.2 Å². The molecule has 0 aliphatic carbocycles. The quantitative estimate of drug-likeness (QED) is 0.826. The van der Waals surface area contributed by atoms with E-state index >= 15 is 0 Å². The number of halogens is 2. The largest absolute Gasteiger partial charge is 0.325 e. The molecule has 1 aromatic carbocycles. The second-order valence-corrected chi connectivity index (χ2v) is 7.12. The second-order valence-electron chi connectivity index (χ2n) is 5.14. The van der Waals surface area contributed by atoms with Gasteiger partial charge in [-0.3, -0.25) is 14.6 Å². The van der Waals surface area contributed by atoms with Gasteiger partial charge in [0.15, 0.2) is 5.17 Å². The number of hydrogen-bond donors (Lipinski definition) is 2. The molecule has 1 aliphatic rings. The van der Waals surface area contributed by atoms with E-state index in [-0.39, 0.29) is 29.3 Å². The zero-order chi connectivity index (χ0) is 17.0. The third-order valence-corrected chi connectivity index (χ3v) is 5.22. The number of thioether (sulfide) groups is 1. The Balaban J connectivity index is 1.97. The van der Waals surface area contributed by atoms with Crippen molar-refractivity contribution >= 4 is 57.6 Å². The van der Waals surface area contributed by atoms with Gasteiger partial charge in [-0.25, -0.2) is 0 Å². The number of rotatable bonds is 5. The molecule has 0 unspecified atom stereocenters. The minimum Gasteiger partial charge on any atom is -0.325 e. The normalized spacial score (nSPS) is 20.4. The minimum absolute atomic E-state index is 0.0405. The Morgan fingerprint density at radius 1 is 1.48 bits per heavy atom. The molecule has 1 fully saturated rings. The fourth-order valence-corrected chi connectivity index (χ4v) is 3.28. The van der Waals surface area contributed by atoms with Gasteiger partial charge in [0.1, 0.15) is 5.25 Å². The summed E-state index contributed by atoms with van der Waals surface area (Å²) in [4.78, 5) is 28.4. The van der Waals surface area contributed by atoms with Crippen molar-refractivity contribution in [2.45, 2.75) is 38.0 Å². The molecular formula is C15H17Cl2N3O2S. The smallest absolute Gasteiger partial charge is 0.240 e. The van der Waals surface area contributed by atoms with Crippen molar-refractivity contribution in [1.82, 2.24) is 5.32 Å². The van der Waals surface area contributed by atoms with Gasteiger partial charge in [0.05, 0.1) is 15.7 Å². The molecule has 8 heteroatoms. The van der Waals surface area contributed by atoms with E-state index < -0.39 is 5.25 Å². The average Bonchev–Trinajstić information content (AvgIpc) is 2.83. The van der Waals surface area contributed by atoms with Crippen LogP contribution in [0.1, 0.15) is 26.7 Å². The van der Waals surface area contributed by atoms with Gasteiger partial charge in [-0.2, -0.15) is 0 Å². The first-order valence-electron chi connectivity index (χ1n) is 7.20. The number of benzene rings is 1. The van der Waals surface area contributed by atoms with Crippen LogP contribution in [0.5, 0.6) is 0 Å². The lowest BCUT2D eigenvalue weighted by molar-refractivity contribution is -0.122. The summed E-state index contributed by atoms with van der Waals surface area (Å²) in [6, 6.07) is 5.12. The molecule has 23 heavy (non-hydrogen) atoms. The Labute approximate surface area is 149 Å². The van der Waals surface area contributed by atoms with Crippen LogP contribution >= 0.6 is 35.0 Å². The molecule has 1 heterocycles. The van der Waals surface area contributed by atoms with Crippen molar-refractivity contribution in [2.75, 3.05) is 5.32 Å². The Kier molecular flexibility index (Phi) is 6.33. The summed E-state index contributed by atoms with van der Waals surface area (Å²) in [6.07, 6.45) is 0.928. The molecule has 2 amide bonds. The zero-order valence-electron chi connectivity index (χ0n) is 12.7. The lowest BCUT2D eigenvalue weighted by Gasteiger charge is -2.09. The Bertz CT molecular complexity index is 652. The maximum absolute atomic E-state index is 12.1. The monoisotopic (exact) mass is 373 g/mol. The topological polar surface area (TPSA) is 70.6 Å². The number of amides is 2. The number of hydrogen-bond acceptors (Lipinski definition) is 4. The number of carbonyl (C=O) groups excluding carboxylic acids is 2. The molecule has 0 saturated carbocycles. The standard InChI is InChI=1S/C15H17Cl2N3O2S/c1-3-8(2)18-15-20-14(22)11(23-15)7-12(21)19-10-6-4-5-9(16)13(10)17/h4-6,8,11H,3,7H2,1-2H3,(H,19,21)(H,18,20,22)/t8-,11-/m1/s1. The molecule has 0 spiro atoms. The van der Waals surface area contributed by atoms with Crippen LogP contribution in [-0.2, 0) is 9.59 Å². The number of aliphatic imine (C=N–C) groups is 1. The van der Waals surface area contributed by atoms with Gasteiger partial charge >= 0.3 is 0 Å². The summed E-state index contributed by atoms with van der Waals surface area (Å²) in [5, 5.41) is 6.11. The van der Waals surface area contributed by atoms with E-state index in [1.165, 1.54) is 11.8 Å². The Morgan fingerprint density at radius 3 is 2.91 bits per heavy atom. The van der Waals surface area contributed by atoms with Gasteiger partial charge in [0.2, 0.25) is 11.8 Å². The lowest BCUT2D eigenvalue weighted by Crippen LogP contribution is -2.28. The first-order chi connectivity index (χ1) is 10.9. The van der Waals surface area contributed by atoms with Gasteiger partial charge < -0.3 is 10.6 Å². The van der Waals surface area contributed by atoms with E-state index in [0.717, 1.165) is 6.42 Å². The lowest BCUT2D eigenvalue weighted by atomic mass is 10.2. The number of carbonyl (C=O) groups is 2. The molecule has 1 aliphatic heterocycles. The van der Waals surface area contributed by atoms with Crippen LogP contribution in [-0.4, -0.2) is 28.3 Å². The van der Waals surface area contributed by atoms with Crippen LogP contribution in [0, 0.1) is 0 Å². The number of nitrogens with one attached hydrogen (secondary N) is 2. The third-order valence-electron chi connectivity index (χ3n) is 3.30. The summed E-state index contributed by atoms with van der Waals surface area (Å²) in [6.45, 7) is 4.00. The highest BCUT2D eigenvalue weighted by Gasteiger charge is 2.32. The molecule has 0 radical (unpaired) electrons. The number of amidine groups is 1. The predicted octanol–water partition coefficient (Wildman–Crippen LogP) is 3.71. The summed E-state index contributed by atoms with van der Waals surface area (Å²) < 4.78 is 0. The fraction of sp³-hybridized carbons (Fsp3) is 0.400. The SMILES string of the molecule is CC[C@@H](C)N=C1NC(=O)[C@@H](CC(=O)Nc2cccc(Cl)c2Cl)S1. The highest BCUT2D eigenvalue weighted by molar-refractivity contribution is 8.15. The maximum Gasteiger partial charge on any atom is 0.240 e. The Hall–Kier alpha value is -1.24. The molecule has 1 aromatic rings. The van der Waals surface area contributed by atoms with Crippen molar-refractivity contribution in [2.24, 2.45) is 4.99 Å². The van der Waals surface area contributed by atoms with Crippen LogP contribution in [0.25, 0.3) is 0 Å². The zero-order valence-corrected chi connectivity index (χ0v) is 15.1. The highest BCUT2D eigenvalue weighted by Crippen LogP contribution is 2.30. The molecular weight excluding hydrogens is 357 g/mol.